The molecule has 4 aliphatic rings. The summed E-state index contributed by atoms with van der Waals surface area (Å²) in [5, 5.41) is 14.5. The van der Waals surface area contributed by atoms with Crippen molar-refractivity contribution < 1.29 is 24.0 Å². The fourth-order valence-corrected chi connectivity index (χ4v) is 8.67. The zero-order valence-corrected chi connectivity index (χ0v) is 39.1. The van der Waals surface area contributed by atoms with E-state index in [1.165, 1.54) is 12.5 Å². The maximum Gasteiger partial charge on any atom is 0.315 e. The van der Waals surface area contributed by atoms with Gasteiger partial charge in [-0.2, -0.15) is 0 Å². The molecule has 5 atom stereocenters. The fraction of sp³-hybridized carbons (Fsp3) is 0.771. The van der Waals surface area contributed by atoms with E-state index in [1.807, 2.05) is 20.8 Å². The molecule has 3 saturated carbocycles. The molecule has 4 fully saturated rings. The molecule has 3 aliphatic carbocycles. The zero-order valence-electron chi connectivity index (χ0n) is 39.1. The lowest BCUT2D eigenvalue weighted by molar-refractivity contribution is -0.140. The van der Waals surface area contributed by atoms with Crippen molar-refractivity contribution in [3.8, 4) is 0 Å². The summed E-state index contributed by atoms with van der Waals surface area (Å²) >= 11 is 0. The Hall–Kier alpha value is -3.83. The number of hydrogen-bond donors (Lipinski definition) is 5. The molecule has 1 heterocycles. The van der Waals surface area contributed by atoms with E-state index in [1.54, 1.807) is 6.92 Å². The number of urea groups is 1. The van der Waals surface area contributed by atoms with E-state index in [9.17, 15) is 33.6 Å². The molecule has 0 radical (unpaired) electrons. The van der Waals surface area contributed by atoms with Crippen molar-refractivity contribution in [1.29, 1.82) is 0 Å². The molecule has 5 rings (SSSR count). The highest BCUT2D eigenvalue weighted by atomic mass is 16.2. The molecule has 12 heteroatoms. The smallest absolute Gasteiger partial charge is 0.315 e. The second kappa shape index (κ2) is 24.0. The Morgan fingerprint density at radius 1 is 0.900 bits per heavy atom. The molecule has 5 N–H and O–H groups in total. The van der Waals surface area contributed by atoms with Gasteiger partial charge in [0.1, 0.15) is 12.1 Å². The van der Waals surface area contributed by atoms with Gasteiger partial charge in [-0.05, 0) is 99.2 Å². The van der Waals surface area contributed by atoms with Gasteiger partial charge < -0.3 is 26.6 Å². The van der Waals surface area contributed by atoms with Crippen LogP contribution < -0.4 is 37.4 Å². The Bertz CT molecular complexity index is 1660. The molecular weight excluding hydrogens is 759 g/mol. The predicted octanol–water partition coefficient (Wildman–Crippen LogP) is 7.37. The van der Waals surface area contributed by atoms with Crippen LogP contribution in [0.5, 0.6) is 0 Å². The molecule has 0 bridgehead atoms. The molecule has 1 saturated heterocycles. The van der Waals surface area contributed by atoms with Crippen LogP contribution in [-0.2, 0) is 24.6 Å². The molecule has 1 aromatic rings. The minimum absolute atomic E-state index is 0.0580. The summed E-state index contributed by atoms with van der Waals surface area (Å²) in [5.74, 6) is -1.87. The first kappa shape index (κ1) is 52.3. The van der Waals surface area contributed by atoms with Crippen LogP contribution in [0.15, 0.2) is 22.2 Å². The van der Waals surface area contributed by atoms with Crippen LogP contribution in [0, 0.1) is 29.6 Å². The highest BCUT2D eigenvalue weighted by Crippen LogP contribution is 2.47. The quantitative estimate of drug-likeness (QED) is 0.0959. The molecule has 60 heavy (non-hydrogen) atoms. The maximum atomic E-state index is 14.1. The molecule has 12 nitrogen and oxygen atoms in total. The number of Topliss-reactive ketones (excluding diaryl/α,β-unsaturated/α-hetero) is 1. The van der Waals surface area contributed by atoms with Gasteiger partial charge in [0, 0.05) is 23.7 Å². The minimum Gasteiger partial charge on any atom is -0.346 e. The predicted molar refractivity (Wildman–Crippen MR) is 242 cm³/mol. The molecule has 0 aromatic heterocycles. The Labute approximate surface area is 361 Å². The standard InChI is InChI=1S/C34H57N5O5.C9H10O2.C3H8.C2H6/c1-7-19-35-30(42)27(40)24(21-23-13-14-23)36-29(41)25-20-22(4)15-18-34(16-11-10-12-17-34)28(31(43)37-25)39-32(44)38-26(8-2)33(5,6)9-3;1-5-6(8(11)7(5)10)9(2)3-4-9;1-3-2;1-2/h7,22-26,28H,1,8-21H2,2-6H3,(H,35,42)(H,36,41)(H,37,43)(H2,38,39,44);3-4H2,1-2H3;3H2,1-2H3;1-2H3/t22-,24?,25?,26?,28?;;;/m0.../s1. The van der Waals surface area contributed by atoms with Crippen molar-refractivity contribution >= 4 is 29.5 Å². The average molecular weight is 840 g/mol. The van der Waals surface area contributed by atoms with E-state index in [-0.39, 0.29) is 58.0 Å². The highest BCUT2D eigenvalue weighted by molar-refractivity contribution is 6.38. The van der Waals surface area contributed by atoms with Gasteiger partial charge in [-0.25, -0.2) is 4.79 Å². The SMILES string of the molecule is C=CCNC(=O)C(=O)C(CC1CC1)NC(=O)C1C[C@@H](C)CCC2(CCCCC2)C(NC(=O)NC(CC)C(C)(C)CC)C(=O)N1.CC.CCC.Cc1c(C2(C)CC2)c(=O)c1=O. The summed E-state index contributed by atoms with van der Waals surface area (Å²) in [5.41, 5.74) is 0.586. The average Bonchev–Trinajstić information content (AvgIpc) is 4.19. The van der Waals surface area contributed by atoms with Crippen LogP contribution in [0.4, 0.5) is 4.79 Å². The van der Waals surface area contributed by atoms with E-state index in [4.69, 9.17) is 0 Å². The van der Waals surface area contributed by atoms with Crippen LogP contribution in [0.1, 0.15) is 183 Å². The summed E-state index contributed by atoms with van der Waals surface area (Å²) < 4.78 is 0. The largest absolute Gasteiger partial charge is 0.346 e. The van der Waals surface area contributed by atoms with Gasteiger partial charge in [-0.3, -0.25) is 28.8 Å². The van der Waals surface area contributed by atoms with Crippen LogP contribution in [0.3, 0.4) is 0 Å². The summed E-state index contributed by atoms with van der Waals surface area (Å²) in [6.45, 7) is 26.3. The highest BCUT2D eigenvalue weighted by Gasteiger charge is 2.47. The summed E-state index contributed by atoms with van der Waals surface area (Å²) in [6, 6.07) is -3.07. The van der Waals surface area contributed by atoms with Crippen LogP contribution in [-0.4, -0.2) is 60.2 Å². The number of hydrogen-bond acceptors (Lipinski definition) is 7. The summed E-state index contributed by atoms with van der Waals surface area (Å²) in [6.07, 6.45) is 15.6. The first-order valence-corrected chi connectivity index (χ1v) is 23.2. The lowest BCUT2D eigenvalue weighted by Gasteiger charge is -2.43. The third kappa shape index (κ3) is 14.4. The molecule has 1 spiro atoms. The molecule has 5 amide bonds. The van der Waals surface area contributed by atoms with Gasteiger partial charge in [0.05, 0.1) is 6.04 Å². The molecular formula is C48H81N5O7. The third-order valence-corrected chi connectivity index (χ3v) is 13.3. The van der Waals surface area contributed by atoms with Gasteiger partial charge in [-0.15, -0.1) is 6.58 Å². The zero-order chi connectivity index (χ0) is 45.4. The van der Waals surface area contributed by atoms with E-state index >= 15 is 0 Å². The van der Waals surface area contributed by atoms with Crippen LogP contribution in [0.2, 0.25) is 0 Å². The Morgan fingerprint density at radius 3 is 2.00 bits per heavy atom. The van der Waals surface area contributed by atoms with Crippen molar-refractivity contribution in [3.05, 3.63) is 44.2 Å². The molecule has 4 unspecified atom stereocenters. The molecule has 340 valence electrons. The van der Waals surface area contributed by atoms with Crippen molar-refractivity contribution in [2.45, 2.75) is 208 Å². The van der Waals surface area contributed by atoms with E-state index in [2.05, 4.69) is 81.6 Å². The van der Waals surface area contributed by atoms with Crippen molar-refractivity contribution in [1.82, 2.24) is 26.6 Å². The van der Waals surface area contributed by atoms with Gasteiger partial charge >= 0.3 is 6.03 Å². The van der Waals surface area contributed by atoms with Gasteiger partial charge in [0.15, 0.2) is 0 Å². The lowest BCUT2D eigenvalue weighted by Crippen LogP contribution is -2.62. The van der Waals surface area contributed by atoms with Gasteiger partial charge in [0.2, 0.25) is 28.5 Å². The number of carbonyl (C=O) groups excluding carboxylic acids is 5. The molecule has 1 aliphatic heterocycles. The van der Waals surface area contributed by atoms with E-state index in [0.717, 1.165) is 89.0 Å². The minimum atomic E-state index is -0.961. The van der Waals surface area contributed by atoms with Crippen molar-refractivity contribution in [2.75, 3.05) is 6.54 Å². The second-order valence-corrected chi connectivity index (χ2v) is 18.7. The van der Waals surface area contributed by atoms with E-state index in [0.29, 0.717) is 18.4 Å². The summed E-state index contributed by atoms with van der Waals surface area (Å²) in [4.78, 5) is 88.7. The van der Waals surface area contributed by atoms with Gasteiger partial charge in [-0.1, -0.05) is 114 Å². The van der Waals surface area contributed by atoms with Crippen LogP contribution >= 0.6 is 0 Å². The fourth-order valence-electron chi connectivity index (χ4n) is 8.67. The Kier molecular flexibility index (Phi) is 20.9. The number of amides is 5. The lowest BCUT2D eigenvalue weighted by atomic mass is 9.65. The van der Waals surface area contributed by atoms with Crippen molar-refractivity contribution in [2.24, 2.45) is 22.7 Å². The third-order valence-electron chi connectivity index (χ3n) is 13.3. The Morgan fingerprint density at radius 2 is 1.50 bits per heavy atom. The Balaban J connectivity index is 0.000000645. The number of carbonyl (C=O) groups is 5. The van der Waals surface area contributed by atoms with Gasteiger partial charge in [0.25, 0.3) is 5.91 Å². The van der Waals surface area contributed by atoms with Crippen LogP contribution in [0.25, 0.3) is 0 Å². The molecule has 1 aromatic carbocycles. The number of rotatable bonds is 14. The summed E-state index contributed by atoms with van der Waals surface area (Å²) in [7, 11) is 0. The monoisotopic (exact) mass is 840 g/mol. The number of nitrogens with one attached hydrogen (secondary N) is 5. The first-order chi connectivity index (χ1) is 28.3. The normalized spacial score (nSPS) is 22.6. The number of ketones is 1. The maximum absolute atomic E-state index is 14.1. The van der Waals surface area contributed by atoms with Crippen molar-refractivity contribution in [3.63, 3.8) is 0 Å². The van der Waals surface area contributed by atoms with E-state index < -0.39 is 41.1 Å². The topological polar surface area (TPSA) is 180 Å². The second-order valence-electron chi connectivity index (χ2n) is 18.7. The first-order valence-electron chi connectivity index (χ1n) is 23.2.